The molecule has 1 aromatic heterocycles. The van der Waals surface area contributed by atoms with Gasteiger partial charge in [-0.1, -0.05) is 23.7 Å². The van der Waals surface area contributed by atoms with E-state index in [0.717, 1.165) is 18.7 Å². The van der Waals surface area contributed by atoms with Gasteiger partial charge in [0.05, 0.1) is 26.0 Å². The molecule has 0 bridgehead atoms. The minimum absolute atomic E-state index is 0.158. The number of hydrogen-bond acceptors (Lipinski definition) is 5. The van der Waals surface area contributed by atoms with Crippen molar-refractivity contribution in [1.29, 1.82) is 0 Å². The molecule has 2 aromatic rings. The Morgan fingerprint density at radius 3 is 2.92 bits per heavy atom. The molecule has 24 heavy (non-hydrogen) atoms. The molecular formula is C17H18ClN3O3. The van der Waals surface area contributed by atoms with E-state index in [1.54, 1.807) is 12.1 Å². The number of amides is 1. The first-order valence-electron chi connectivity index (χ1n) is 7.68. The summed E-state index contributed by atoms with van der Waals surface area (Å²) in [6.45, 7) is 3.16. The summed E-state index contributed by atoms with van der Waals surface area (Å²) in [7, 11) is 0. The molecule has 3 rings (SSSR count). The summed E-state index contributed by atoms with van der Waals surface area (Å²) in [4.78, 5) is 13.8. The number of nitrogens with zero attached hydrogens (tertiary/aromatic N) is 2. The topological polar surface area (TPSA) is 67.1 Å². The number of hydrogen-bond donors (Lipinski definition) is 1. The van der Waals surface area contributed by atoms with E-state index >= 15 is 0 Å². The van der Waals surface area contributed by atoms with Gasteiger partial charge in [-0.3, -0.25) is 9.69 Å². The summed E-state index contributed by atoms with van der Waals surface area (Å²) in [5.41, 5.74) is 3.39. The average Bonchev–Trinajstić information content (AvgIpc) is 3.05. The van der Waals surface area contributed by atoms with E-state index in [-0.39, 0.29) is 5.91 Å². The molecule has 0 aliphatic carbocycles. The quantitative estimate of drug-likeness (QED) is 0.666. The van der Waals surface area contributed by atoms with E-state index in [1.807, 2.05) is 29.2 Å². The van der Waals surface area contributed by atoms with Crippen molar-refractivity contribution in [2.24, 2.45) is 5.10 Å². The number of ether oxygens (including phenoxy) is 1. The average molecular weight is 348 g/mol. The predicted octanol–water partition coefficient (Wildman–Crippen LogP) is 2.38. The highest BCUT2D eigenvalue weighted by Crippen LogP contribution is 2.24. The Bertz CT molecular complexity index is 723. The van der Waals surface area contributed by atoms with Crippen molar-refractivity contribution in [3.63, 3.8) is 0 Å². The number of morpholine rings is 1. The number of nitrogens with one attached hydrogen (secondary N) is 1. The van der Waals surface area contributed by atoms with E-state index in [1.165, 1.54) is 6.21 Å². The maximum atomic E-state index is 11.8. The maximum absolute atomic E-state index is 11.8. The Balaban J connectivity index is 1.52. The van der Waals surface area contributed by atoms with Gasteiger partial charge in [0.15, 0.2) is 0 Å². The number of carbonyl (C=O) groups is 1. The largest absolute Gasteiger partial charge is 0.455 e. The summed E-state index contributed by atoms with van der Waals surface area (Å²) in [5.74, 6) is 1.09. The predicted molar refractivity (Wildman–Crippen MR) is 92.1 cm³/mol. The van der Waals surface area contributed by atoms with E-state index in [2.05, 4.69) is 10.5 Å². The number of furan rings is 1. The second kappa shape index (κ2) is 8.10. The first-order chi connectivity index (χ1) is 11.7. The van der Waals surface area contributed by atoms with Crippen LogP contribution in [0, 0.1) is 0 Å². The van der Waals surface area contributed by atoms with Gasteiger partial charge in [0.1, 0.15) is 11.5 Å². The lowest BCUT2D eigenvalue weighted by Crippen LogP contribution is -2.42. The second-order valence-corrected chi connectivity index (χ2v) is 5.83. The van der Waals surface area contributed by atoms with Crippen LogP contribution in [0.15, 0.2) is 45.9 Å². The SMILES string of the molecule is O=C(CN1CCOCC1)N/N=C/c1ccc(-c2cccc(Cl)c2)o1. The number of halogens is 1. The number of carbonyl (C=O) groups excluding carboxylic acids is 1. The molecule has 1 amide bonds. The van der Waals surface area contributed by atoms with Gasteiger partial charge in [-0.15, -0.1) is 0 Å². The lowest BCUT2D eigenvalue weighted by molar-refractivity contribution is -0.123. The Kier molecular flexibility index (Phi) is 5.63. The van der Waals surface area contributed by atoms with E-state index in [4.69, 9.17) is 20.8 Å². The first-order valence-corrected chi connectivity index (χ1v) is 8.06. The monoisotopic (exact) mass is 347 g/mol. The van der Waals surface area contributed by atoms with Crippen molar-refractivity contribution in [1.82, 2.24) is 10.3 Å². The summed E-state index contributed by atoms with van der Waals surface area (Å²) >= 11 is 5.97. The van der Waals surface area contributed by atoms with Crippen molar-refractivity contribution >= 4 is 23.7 Å². The molecule has 0 spiro atoms. The fourth-order valence-electron chi connectivity index (χ4n) is 2.38. The molecule has 0 radical (unpaired) electrons. The van der Waals surface area contributed by atoms with Crippen LogP contribution in [0.5, 0.6) is 0 Å². The van der Waals surface area contributed by atoms with E-state index < -0.39 is 0 Å². The molecule has 0 unspecified atom stereocenters. The lowest BCUT2D eigenvalue weighted by atomic mass is 10.2. The van der Waals surface area contributed by atoms with Gasteiger partial charge in [0.2, 0.25) is 0 Å². The van der Waals surface area contributed by atoms with Gasteiger partial charge in [-0.05, 0) is 24.3 Å². The summed E-state index contributed by atoms with van der Waals surface area (Å²) in [6, 6.07) is 11.0. The minimum atomic E-state index is -0.158. The fourth-order valence-corrected chi connectivity index (χ4v) is 2.58. The fraction of sp³-hybridized carbons (Fsp3) is 0.294. The van der Waals surface area contributed by atoms with Crippen molar-refractivity contribution in [2.75, 3.05) is 32.8 Å². The van der Waals surface area contributed by atoms with Gasteiger partial charge in [0, 0.05) is 23.7 Å². The number of benzene rings is 1. The Labute approximate surface area is 145 Å². The normalized spacial score (nSPS) is 15.7. The molecule has 1 N–H and O–H groups in total. The molecule has 6 nitrogen and oxygen atoms in total. The zero-order chi connectivity index (χ0) is 16.8. The van der Waals surface area contributed by atoms with Crippen LogP contribution in [0.3, 0.4) is 0 Å². The van der Waals surface area contributed by atoms with Crippen LogP contribution in [0.4, 0.5) is 0 Å². The highest BCUT2D eigenvalue weighted by atomic mass is 35.5. The minimum Gasteiger partial charge on any atom is -0.455 e. The van der Waals surface area contributed by atoms with Crippen molar-refractivity contribution in [3.05, 3.63) is 47.2 Å². The van der Waals surface area contributed by atoms with Gasteiger partial charge < -0.3 is 9.15 Å². The molecule has 1 fully saturated rings. The third-order valence-electron chi connectivity index (χ3n) is 3.59. The zero-order valence-corrected chi connectivity index (χ0v) is 13.8. The highest BCUT2D eigenvalue weighted by molar-refractivity contribution is 6.30. The Morgan fingerprint density at radius 2 is 2.12 bits per heavy atom. The van der Waals surface area contributed by atoms with Gasteiger partial charge in [0.25, 0.3) is 5.91 Å². The maximum Gasteiger partial charge on any atom is 0.254 e. The zero-order valence-electron chi connectivity index (χ0n) is 13.1. The van der Waals surface area contributed by atoms with Crippen LogP contribution in [0.2, 0.25) is 5.02 Å². The van der Waals surface area contributed by atoms with Crippen LogP contribution < -0.4 is 5.43 Å². The lowest BCUT2D eigenvalue weighted by Gasteiger charge is -2.25. The van der Waals surface area contributed by atoms with E-state index in [9.17, 15) is 4.79 Å². The molecule has 126 valence electrons. The summed E-state index contributed by atoms with van der Waals surface area (Å²) in [6.07, 6.45) is 1.48. The molecule has 0 atom stereocenters. The molecule has 1 aliphatic heterocycles. The van der Waals surface area contributed by atoms with Crippen LogP contribution in [-0.2, 0) is 9.53 Å². The van der Waals surface area contributed by atoms with Crippen molar-refractivity contribution < 1.29 is 13.9 Å². The smallest absolute Gasteiger partial charge is 0.254 e. The van der Waals surface area contributed by atoms with Crippen molar-refractivity contribution in [2.45, 2.75) is 0 Å². The summed E-state index contributed by atoms with van der Waals surface area (Å²) in [5, 5.41) is 4.58. The van der Waals surface area contributed by atoms with Gasteiger partial charge >= 0.3 is 0 Å². The van der Waals surface area contributed by atoms with Crippen LogP contribution >= 0.6 is 11.6 Å². The third-order valence-corrected chi connectivity index (χ3v) is 3.82. The van der Waals surface area contributed by atoms with Crippen LogP contribution in [-0.4, -0.2) is 49.9 Å². The summed E-state index contributed by atoms with van der Waals surface area (Å²) < 4.78 is 10.9. The van der Waals surface area contributed by atoms with E-state index in [0.29, 0.717) is 36.3 Å². The van der Waals surface area contributed by atoms with Gasteiger partial charge in [-0.25, -0.2) is 5.43 Å². The molecular weight excluding hydrogens is 330 g/mol. The third kappa shape index (κ3) is 4.67. The van der Waals surface area contributed by atoms with Gasteiger partial charge in [-0.2, -0.15) is 5.10 Å². The molecule has 1 saturated heterocycles. The Morgan fingerprint density at radius 1 is 1.29 bits per heavy atom. The second-order valence-electron chi connectivity index (χ2n) is 5.39. The van der Waals surface area contributed by atoms with Crippen LogP contribution in [0.25, 0.3) is 11.3 Å². The van der Waals surface area contributed by atoms with Crippen molar-refractivity contribution in [3.8, 4) is 11.3 Å². The molecule has 0 saturated carbocycles. The standard InChI is InChI=1S/C17H18ClN3O3/c18-14-3-1-2-13(10-14)16-5-4-15(24-16)11-19-20-17(22)12-21-6-8-23-9-7-21/h1-5,10-11H,6-9,12H2,(H,20,22)/b19-11+. The molecule has 7 heteroatoms. The number of hydrazone groups is 1. The highest BCUT2D eigenvalue weighted by Gasteiger charge is 2.13. The first kappa shape index (κ1) is 16.7. The van der Waals surface area contributed by atoms with Crippen LogP contribution in [0.1, 0.15) is 5.76 Å². The molecule has 1 aliphatic rings. The molecule has 2 heterocycles. The molecule has 1 aromatic carbocycles. The Hall–Kier alpha value is -2.15. The number of rotatable bonds is 5.